The number of carbonyl (C=O) groups excluding carboxylic acids is 2. The van der Waals surface area contributed by atoms with Crippen LogP contribution in [0.25, 0.3) is 0 Å². The molecule has 0 aromatic carbocycles. The molecule has 1 saturated heterocycles. The number of likely N-dealkylation sites (tertiary alicyclic amines) is 1. The van der Waals surface area contributed by atoms with Gasteiger partial charge in [-0.25, -0.2) is 0 Å². The largest absolute Gasteiger partial charge is 0.345 e. The van der Waals surface area contributed by atoms with Crippen molar-refractivity contribution in [3.05, 3.63) is 0 Å². The fourth-order valence-electron chi connectivity index (χ4n) is 2.01. The highest BCUT2D eigenvalue weighted by molar-refractivity contribution is 5.87. The van der Waals surface area contributed by atoms with Gasteiger partial charge in [0.1, 0.15) is 6.04 Å². The molecule has 1 aliphatic rings. The first-order valence-electron chi connectivity index (χ1n) is 6.38. The zero-order chi connectivity index (χ0) is 12.7. The Bertz CT molecular complexity index is 262. The first-order valence-corrected chi connectivity index (χ1v) is 6.38. The molecule has 0 spiro atoms. The van der Waals surface area contributed by atoms with Crippen LogP contribution in [-0.2, 0) is 9.59 Å². The van der Waals surface area contributed by atoms with Crippen LogP contribution in [0.1, 0.15) is 32.6 Å². The van der Waals surface area contributed by atoms with Gasteiger partial charge in [0, 0.05) is 19.5 Å². The van der Waals surface area contributed by atoms with Gasteiger partial charge in [-0.1, -0.05) is 0 Å². The van der Waals surface area contributed by atoms with Gasteiger partial charge in [0.15, 0.2) is 0 Å². The fourth-order valence-corrected chi connectivity index (χ4v) is 2.01. The lowest BCUT2D eigenvalue weighted by Crippen LogP contribution is -2.45. The number of carbonyl (C=O) groups is 2. The Labute approximate surface area is 103 Å². The highest BCUT2D eigenvalue weighted by Gasteiger charge is 2.23. The Morgan fingerprint density at radius 2 is 1.94 bits per heavy atom. The van der Waals surface area contributed by atoms with Gasteiger partial charge < -0.3 is 15.5 Å². The van der Waals surface area contributed by atoms with Crippen molar-refractivity contribution in [2.75, 3.05) is 26.7 Å². The smallest absolute Gasteiger partial charge is 0.244 e. The highest BCUT2D eigenvalue weighted by atomic mass is 16.2. The van der Waals surface area contributed by atoms with Crippen molar-refractivity contribution >= 4 is 11.8 Å². The third-order valence-corrected chi connectivity index (χ3v) is 3.00. The van der Waals surface area contributed by atoms with Crippen LogP contribution in [0.15, 0.2) is 0 Å². The van der Waals surface area contributed by atoms with Crippen LogP contribution in [0.2, 0.25) is 0 Å². The van der Waals surface area contributed by atoms with Gasteiger partial charge in [-0.05, 0) is 39.8 Å². The van der Waals surface area contributed by atoms with E-state index in [9.17, 15) is 9.59 Å². The number of nitrogens with zero attached hydrogens (tertiary/aromatic N) is 1. The summed E-state index contributed by atoms with van der Waals surface area (Å²) in [6, 6.07) is -0.393. The molecule has 5 heteroatoms. The molecule has 0 aromatic heterocycles. The van der Waals surface area contributed by atoms with Gasteiger partial charge in [0.2, 0.25) is 11.8 Å². The molecule has 0 aliphatic carbocycles. The third-order valence-electron chi connectivity index (χ3n) is 3.00. The summed E-state index contributed by atoms with van der Waals surface area (Å²) >= 11 is 0. The second-order valence-corrected chi connectivity index (χ2v) is 4.53. The Kier molecular flexibility index (Phi) is 5.97. The number of rotatable bonds is 6. The molecule has 98 valence electrons. The topological polar surface area (TPSA) is 61.4 Å². The molecule has 5 nitrogen and oxygen atoms in total. The standard InChI is InChI=1S/C12H23N3O2/c1-10(12(17)15-8-3-4-9-15)14-11(16)6-5-7-13-2/h10,13H,3-9H2,1-2H3,(H,14,16). The molecular formula is C12H23N3O2. The lowest BCUT2D eigenvalue weighted by Gasteiger charge is -2.21. The fraction of sp³-hybridized carbons (Fsp3) is 0.833. The van der Waals surface area contributed by atoms with Crippen molar-refractivity contribution in [1.82, 2.24) is 15.5 Å². The molecule has 0 aromatic rings. The van der Waals surface area contributed by atoms with Gasteiger partial charge in [-0.15, -0.1) is 0 Å². The van der Waals surface area contributed by atoms with Gasteiger partial charge in [-0.2, -0.15) is 0 Å². The molecule has 2 amide bonds. The highest BCUT2D eigenvalue weighted by Crippen LogP contribution is 2.08. The van der Waals surface area contributed by atoms with Crippen molar-refractivity contribution in [3.63, 3.8) is 0 Å². The van der Waals surface area contributed by atoms with Crippen LogP contribution < -0.4 is 10.6 Å². The summed E-state index contributed by atoms with van der Waals surface area (Å²) in [6.07, 6.45) is 3.43. The molecule has 1 aliphatic heterocycles. The molecule has 0 bridgehead atoms. The summed E-state index contributed by atoms with van der Waals surface area (Å²) in [4.78, 5) is 25.3. The number of hydrogen-bond acceptors (Lipinski definition) is 3. The molecule has 1 heterocycles. The van der Waals surface area contributed by atoms with E-state index in [4.69, 9.17) is 0 Å². The Hall–Kier alpha value is -1.10. The summed E-state index contributed by atoms with van der Waals surface area (Å²) in [6.45, 7) is 4.25. The van der Waals surface area contributed by atoms with Crippen molar-refractivity contribution in [2.45, 2.75) is 38.6 Å². The summed E-state index contributed by atoms with van der Waals surface area (Å²) in [7, 11) is 1.86. The van der Waals surface area contributed by atoms with E-state index in [1.165, 1.54) is 0 Å². The molecule has 17 heavy (non-hydrogen) atoms. The maximum atomic E-state index is 11.9. The summed E-state index contributed by atoms with van der Waals surface area (Å²) < 4.78 is 0. The minimum absolute atomic E-state index is 0.0414. The molecule has 0 saturated carbocycles. The molecule has 0 radical (unpaired) electrons. The molecule has 1 atom stereocenters. The summed E-state index contributed by atoms with van der Waals surface area (Å²) in [5.41, 5.74) is 0. The Balaban J connectivity index is 2.24. The van der Waals surface area contributed by atoms with Crippen LogP contribution in [-0.4, -0.2) is 49.4 Å². The van der Waals surface area contributed by atoms with Crippen LogP contribution in [0.4, 0.5) is 0 Å². The number of hydrogen-bond donors (Lipinski definition) is 2. The van der Waals surface area contributed by atoms with Crippen molar-refractivity contribution in [2.24, 2.45) is 0 Å². The minimum Gasteiger partial charge on any atom is -0.345 e. The average molecular weight is 241 g/mol. The lowest BCUT2D eigenvalue weighted by molar-refractivity contribution is -0.135. The normalized spacial score (nSPS) is 16.9. The quantitative estimate of drug-likeness (QED) is 0.649. The van der Waals surface area contributed by atoms with E-state index in [1.54, 1.807) is 6.92 Å². The Morgan fingerprint density at radius 1 is 1.29 bits per heavy atom. The molecule has 1 fully saturated rings. The predicted octanol–water partition coefficient (Wildman–Crippen LogP) is 0.113. The van der Waals surface area contributed by atoms with E-state index in [2.05, 4.69) is 10.6 Å². The van der Waals surface area contributed by atoms with E-state index in [0.29, 0.717) is 6.42 Å². The minimum atomic E-state index is -0.393. The lowest BCUT2D eigenvalue weighted by atomic mass is 10.2. The maximum Gasteiger partial charge on any atom is 0.244 e. The molecule has 2 N–H and O–H groups in total. The first-order chi connectivity index (χ1) is 8.15. The van der Waals surface area contributed by atoms with E-state index in [0.717, 1.165) is 38.9 Å². The second kappa shape index (κ2) is 7.27. The van der Waals surface area contributed by atoms with E-state index in [1.807, 2.05) is 11.9 Å². The van der Waals surface area contributed by atoms with Gasteiger partial charge in [0.25, 0.3) is 0 Å². The SMILES string of the molecule is CNCCCC(=O)NC(C)C(=O)N1CCCC1. The zero-order valence-corrected chi connectivity index (χ0v) is 10.8. The average Bonchev–Trinajstić information content (AvgIpc) is 2.81. The van der Waals surface area contributed by atoms with Crippen LogP contribution in [0.5, 0.6) is 0 Å². The zero-order valence-electron chi connectivity index (χ0n) is 10.8. The maximum absolute atomic E-state index is 11.9. The van der Waals surface area contributed by atoms with Gasteiger partial charge >= 0.3 is 0 Å². The third kappa shape index (κ3) is 4.73. The van der Waals surface area contributed by atoms with E-state index in [-0.39, 0.29) is 11.8 Å². The van der Waals surface area contributed by atoms with Crippen molar-refractivity contribution < 1.29 is 9.59 Å². The van der Waals surface area contributed by atoms with Crippen LogP contribution in [0.3, 0.4) is 0 Å². The van der Waals surface area contributed by atoms with Gasteiger partial charge in [0.05, 0.1) is 0 Å². The predicted molar refractivity (Wildman–Crippen MR) is 66.6 cm³/mol. The molecule has 1 rings (SSSR count). The van der Waals surface area contributed by atoms with Crippen LogP contribution >= 0.6 is 0 Å². The summed E-state index contributed by atoms with van der Waals surface area (Å²) in [5, 5.41) is 5.75. The number of nitrogens with one attached hydrogen (secondary N) is 2. The Morgan fingerprint density at radius 3 is 2.53 bits per heavy atom. The first kappa shape index (κ1) is 14.0. The van der Waals surface area contributed by atoms with E-state index < -0.39 is 6.04 Å². The molecular weight excluding hydrogens is 218 g/mol. The van der Waals surface area contributed by atoms with Gasteiger partial charge in [-0.3, -0.25) is 9.59 Å². The molecule has 1 unspecified atom stereocenters. The second-order valence-electron chi connectivity index (χ2n) is 4.53. The summed E-state index contributed by atoms with van der Waals surface area (Å²) in [5.74, 6) is 0.00441. The van der Waals surface area contributed by atoms with Crippen molar-refractivity contribution in [1.29, 1.82) is 0 Å². The number of amides is 2. The van der Waals surface area contributed by atoms with Crippen LogP contribution in [0, 0.1) is 0 Å². The monoisotopic (exact) mass is 241 g/mol. The van der Waals surface area contributed by atoms with Crippen molar-refractivity contribution in [3.8, 4) is 0 Å². The van der Waals surface area contributed by atoms with E-state index >= 15 is 0 Å².